The molecule has 1 aromatic heterocycles. The molecule has 1 atom stereocenters. The highest BCUT2D eigenvalue weighted by Crippen LogP contribution is 2.37. The van der Waals surface area contributed by atoms with E-state index in [0.717, 1.165) is 11.3 Å². The molecule has 2 aromatic rings. The van der Waals surface area contributed by atoms with E-state index in [4.69, 9.17) is 4.74 Å². The minimum Gasteiger partial charge on any atom is -0.438 e. The van der Waals surface area contributed by atoms with Gasteiger partial charge in [0.2, 0.25) is 0 Å². The van der Waals surface area contributed by atoms with E-state index in [2.05, 4.69) is 9.72 Å². The number of cyclic esters (lactones) is 1. The van der Waals surface area contributed by atoms with Gasteiger partial charge in [-0.25, -0.2) is 4.79 Å². The van der Waals surface area contributed by atoms with Gasteiger partial charge in [0, 0.05) is 23.1 Å². The Balaban J connectivity index is 1.88. The molecule has 1 amide bonds. The Bertz CT molecular complexity index is 887. The first kappa shape index (κ1) is 19.3. The molecule has 0 saturated carbocycles. The Morgan fingerprint density at radius 1 is 1.30 bits per heavy atom. The number of aryl methyl sites for hydroxylation is 1. The highest BCUT2D eigenvalue weighted by molar-refractivity contribution is 5.86. The van der Waals surface area contributed by atoms with Crippen molar-refractivity contribution in [1.29, 1.82) is 0 Å². The fourth-order valence-electron chi connectivity index (χ4n) is 3.29. The lowest BCUT2D eigenvalue weighted by atomic mass is 9.95. The minimum absolute atomic E-state index is 0.146. The number of nitrogens with zero attached hydrogens (tertiary/aromatic N) is 1. The summed E-state index contributed by atoms with van der Waals surface area (Å²) >= 11 is 0. The van der Waals surface area contributed by atoms with Gasteiger partial charge in [0.25, 0.3) is 0 Å². The summed E-state index contributed by atoms with van der Waals surface area (Å²) in [5.41, 5.74) is -0.415. The maximum atomic E-state index is 12.5. The quantitative estimate of drug-likeness (QED) is 0.837. The van der Waals surface area contributed by atoms with Gasteiger partial charge in [-0.1, -0.05) is 0 Å². The number of halogens is 3. The Labute approximate surface area is 153 Å². The van der Waals surface area contributed by atoms with Crippen LogP contribution >= 0.6 is 0 Å². The number of H-pyrrole nitrogens is 1. The number of benzene rings is 1. The number of hydrogen-bond acceptors (Lipinski definition) is 4. The molecule has 0 aliphatic carbocycles. The van der Waals surface area contributed by atoms with Crippen molar-refractivity contribution < 1.29 is 32.5 Å². The smallest absolute Gasteiger partial charge is 0.438 e. The first-order chi connectivity index (χ1) is 12.3. The van der Waals surface area contributed by atoms with Gasteiger partial charge < -0.3 is 19.6 Å². The van der Waals surface area contributed by atoms with Crippen LogP contribution in [-0.2, 0) is 11.2 Å². The summed E-state index contributed by atoms with van der Waals surface area (Å²) in [6.45, 7) is 6.66. The molecule has 0 radical (unpaired) electrons. The van der Waals surface area contributed by atoms with Gasteiger partial charge in [0.1, 0.15) is 5.75 Å². The van der Waals surface area contributed by atoms with Gasteiger partial charge in [-0.15, -0.1) is 13.2 Å². The lowest BCUT2D eigenvalue weighted by molar-refractivity contribution is -0.274. The number of alkyl halides is 3. The highest BCUT2D eigenvalue weighted by atomic mass is 19.4. The number of aromatic amines is 1. The summed E-state index contributed by atoms with van der Waals surface area (Å²) < 4.78 is 46.7. The third-order valence-corrected chi connectivity index (χ3v) is 5.14. The van der Waals surface area contributed by atoms with Gasteiger partial charge in [-0.3, -0.25) is 4.90 Å². The van der Waals surface area contributed by atoms with Crippen molar-refractivity contribution >= 4 is 17.0 Å². The predicted molar refractivity (Wildman–Crippen MR) is 91.3 cm³/mol. The lowest BCUT2D eigenvalue weighted by Crippen LogP contribution is -2.54. The molecule has 1 saturated heterocycles. The van der Waals surface area contributed by atoms with E-state index in [1.165, 1.54) is 30.0 Å². The second kappa shape index (κ2) is 6.05. The number of aromatic nitrogens is 1. The summed E-state index contributed by atoms with van der Waals surface area (Å²) in [5.74, 6) is -0.316. The molecule has 3 rings (SSSR count). The molecule has 1 unspecified atom stereocenters. The fourth-order valence-corrected chi connectivity index (χ4v) is 3.29. The molecule has 6 nitrogen and oxygen atoms in total. The third kappa shape index (κ3) is 3.43. The number of hydrogen-bond donors (Lipinski definition) is 2. The molecule has 2 heterocycles. The Kier molecular flexibility index (Phi) is 4.33. The summed E-state index contributed by atoms with van der Waals surface area (Å²) in [4.78, 5) is 16.4. The summed E-state index contributed by atoms with van der Waals surface area (Å²) in [6.07, 6.45) is -5.09. The van der Waals surface area contributed by atoms with Crippen molar-refractivity contribution in [1.82, 2.24) is 9.88 Å². The maximum absolute atomic E-state index is 12.5. The van der Waals surface area contributed by atoms with Gasteiger partial charge >= 0.3 is 12.5 Å². The van der Waals surface area contributed by atoms with Crippen LogP contribution in [0.5, 0.6) is 5.75 Å². The van der Waals surface area contributed by atoms with Crippen LogP contribution in [0.2, 0.25) is 0 Å². The molecule has 27 heavy (non-hydrogen) atoms. The normalized spacial score (nSPS) is 22.4. The van der Waals surface area contributed by atoms with Crippen LogP contribution in [0.15, 0.2) is 18.2 Å². The number of ether oxygens (including phenoxy) is 2. The van der Waals surface area contributed by atoms with Crippen LogP contribution in [0, 0.1) is 6.92 Å². The molecule has 1 fully saturated rings. The van der Waals surface area contributed by atoms with Crippen LogP contribution < -0.4 is 4.74 Å². The van der Waals surface area contributed by atoms with Gasteiger partial charge in [0.05, 0.1) is 0 Å². The van der Waals surface area contributed by atoms with E-state index >= 15 is 0 Å². The zero-order valence-electron chi connectivity index (χ0n) is 15.4. The second-order valence-electron chi connectivity index (χ2n) is 7.28. The Morgan fingerprint density at radius 3 is 2.52 bits per heavy atom. The van der Waals surface area contributed by atoms with Crippen LogP contribution in [0.3, 0.4) is 0 Å². The van der Waals surface area contributed by atoms with Crippen LogP contribution in [0.1, 0.15) is 32.0 Å². The third-order valence-electron chi connectivity index (χ3n) is 5.14. The van der Waals surface area contributed by atoms with E-state index in [1.54, 1.807) is 20.8 Å². The number of aliphatic hydroxyl groups is 1. The lowest BCUT2D eigenvalue weighted by Gasteiger charge is -2.34. The van der Waals surface area contributed by atoms with E-state index in [1.807, 2.05) is 0 Å². The molecule has 148 valence electrons. The van der Waals surface area contributed by atoms with Crippen molar-refractivity contribution in [2.45, 2.75) is 51.8 Å². The summed E-state index contributed by atoms with van der Waals surface area (Å²) in [6, 6.07) is 4.06. The summed E-state index contributed by atoms with van der Waals surface area (Å²) in [7, 11) is 0. The zero-order chi connectivity index (χ0) is 20.2. The second-order valence-corrected chi connectivity index (χ2v) is 7.28. The van der Waals surface area contributed by atoms with Crippen molar-refractivity contribution in [2.24, 2.45) is 0 Å². The average Bonchev–Trinajstić information content (AvgIpc) is 2.87. The molecular formula is C18H21F3N2O4. The first-order valence-electron chi connectivity index (χ1n) is 8.42. The number of nitrogens with one attached hydrogen (secondary N) is 1. The van der Waals surface area contributed by atoms with Gasteiger partial charge in [-0.05, 0) is 57.9 Å². The highest BCUT2D eigenvalue weighted by Gasteiger charge is 2.56. The number of carbonyl (C=O) groups excluding carboxylic acids is 1. The molecule has 2 N–H and O–H groups in total. The number of fused-ring (bicyclic) bond motifs is 1. The first-order valence-corrected chi connectivity index (χ1v) is 8.42. The van der Waals surface area contributed by atoms with Crippen LogP contribution in [0.25, 0.3) is 10.9 Å². The molecule has 1 aromatic carbocycles. The largest absolute Gasteiger partial charge is 0.573 e. The van der Waals surface area contributed by atoms with Crippen molar-refractivity contribution in [3.05, 3.63) is 29.5 Å². The molecule has 1 aliphatic rings. The van der Waals surface area contributed by atoms with E-state index in [9.17, 15) is 23.1 Å². The minimum atomic E-state index is -4.78. The van der Waals surface area contributed by atoms with Crippen molar-refractivity contribution in [3.8, 4) is 5.75 Å². The van der Waals surface area contributed by atoms with E-state index < -0.39 is 23.8 Å². The van der Waals surface area contributed by atoms with Crippen molar-refractivity contribution in [2.75, 3.05) is 6.54 Å². The Hall–Kier alpha value is -2.42. The molecular weight excluding hydrogens is 365 g/mol. The standard InChI is InChI=1S/C18H21F3N2O4/c1-10-12(7-8-23-15(24)27-16(2,3)17(23,4)25)13-9-11(26-18(19,20)21)5-6-14(13)22-10/h5-6,9,22,25H,7-8H2,1-4H3. The number of rotatable bonds is 4. The zero-order valence-corrected chi connectivity index (χ0v) is 15.4. The van der Waals surface area contributed by atoms with Crippen molar-refractivity contribution in [3.63, 3.8) is 0 Å². The number of carbonyl (C=O) groups is 1. The van der Waals surface area contributed by atoms with E-state index in [0.29, 0.717) is 17.3 Å². The fraction of sp³-hybridized carbons (Fsp3) is 0.500. The van der Waals surface area contributed by atoms with Gasteiger partial charge in [0.15, 0.2) is 11.3 Å². The average molecular weight is 386 g/mol. The monoisotopic (exact) mass is 386 g/mol. The van der Waals surface area contributed by atoms with Crippen LogP contribution in [-0.4, -0.2) is 45.3 Å². The molecule has 0 bridgehead atoms. The predicted octanol–water partition coefficient (Wildman–Crippen LogP) is 3.86. The SMILES string of the molecule is Cc1[nH]c2ccc(OC(F)(F)F)cc2c1CCN1C(=O)OC(C)(C)C1(C)O. The van der Waals surface area contributed by atoms with Crippen LogP contribution in [0.4, 0.5) is 18.0 Å². The molecule has 0 spiro atoms. The summed E-state index contributed by atoms with van der Waals surface area (Å²) in [5, 5.41) is 11.2. The number of amides is 1. The van der Waals surface area contributed by atoms with Gasteiger partial charge in [-0.2, -0.15) is 0 Å². The van der Waals surface area contributed by atoms with E-state index in [-0.39, 0.29) is 12.3 Å². The Morgan fingerprint density at radius 2 is 1.96 bits per heavy atom. The topological polar surface area (TPSA) is 74.8 Å². The molecule has 1 aliphatic heterocycles. The maximum Gasteiger partial charge on any atom is 0.573 e. The molecule has 9 heteroatoms.